The zero-order chi connectivity index (χ0) is 19.0. The molecule has 1 aliphatic heterocycles. The number of carbonyl (C=O) groups is 3. The van der Waals surface area contributed by atoms with E-state index < -0.39 is 35.5 Å². The smallest absolute Gasteiger partial charge is 0.333 e. The molecule has 0 bridgehead atoms. The molecule has 2 aromatic heterocycles. The third kappa shape index (κ3) is 2.83. The topological polar surface area (TPSA) is 142 Å². The van der Waals surface area contributed by atoms with E-state index >= 15 is 0 Å². The summed E-state index contributed by atoms with van der Waals surface area (Å²) < 4.78 is 3.43. The van der Waals surface area contributed by atoms with Gasteiger partial charge in [0.05, 0.1) is 6.33 Å². The molecule has 0 unspecified atom stereocenters. The van der Waals surface area contributed by atoms with Crippen molar-refractivity contribution in [1.82, 2.24) is 23.6 Å². The van der Waals surface area contributed by atoms with Gasteiger partial charge in [-0.15, -0.1) is 0 Å². The fourth-order valence-electron chi connectivity index (χ4n) is 2.85. The molecule has 0 aromatic carbocycles. The summed E-state index contributed by atoms with van der Waals surface area (Å²) in [5.74, 6) is -1.65. The standard InChI is InChI=1S/C15H16N6O5/c1-18-8-17-13-12(18)14(25)21(7-9(16)22)15(26)20(13)6-2-5-19-10(23)3-4-11(19)24/h3-4,8H,2,5-7H2,1H3,(H2,16,22). The van der Waals surface area contributed by atoms with Crippen molar-refractivity contribution in [3.8, 4) is 0 Å². The minimum Gasteiger partial charge on any atom is -0.368 e. The molecular formula is C15H16N6O5. The monoisotopic (exact) mass is 360 g/mol. The van der Waals surface area contributed by atoms with Gasteiger partial charge in [-0.1, -0.05) is 0 Å². The number of rotatable bonds is 6. The van der Waals surface area contributed by atoms with E-state index in [4.69, 9.17) is 5.73 Å². The van der Waals surface area contributed by atoms with Gasteiger partial charge < -0.3 is 10.3 Å². The lowest BCUT2D eigenvalue weighted by Crippen LogP contribution is -2.43. The summed E-state index contributed by atoms with van der Waals surface area (Å²) in [6.07, 6.45) is 4.02. The first-order valence-corrected chi connectivity index (χ1v) is 7.77. The number of imide groups is 1. The molecule has 3 rings (SSSR count). The molecule has 0 saturated heterocycles. The van der Waals surface area contributed by atoms with Crippen molar-refractivity contribution in [3.63, 3.8) is 0 Å². The highest BCUT2D eigenvalue weighted by atomic mass is 16.2. The van der Waals surface area contributed by atoms with Crippen LogP contribution in [0.15, 0.2) is 28.1 Å². The van der Waals surface area contributed by atoms with Crippen LogP contribution >= 0.6 is 0 Å². The van der Waals surface area contributed by atoms with Crippen LogP contribution in [0, 0.1) is 0 Å². The highest BCUT2D eigenvalue weighted by Gasteiger charge is 2.23. The molecule has 0 aliphatic carbocycles. The predicted molar refractivity (Wildman–Crippen MR) is 88.9 cm³/mol. The third-order valence-electron chi connectivity index (χ3n) is 4.06. The number of imidazole rings is 1. The lowest BCUT2D eigenvalue weighted by atomic mass is 10.3. The van der Waals surface area contributed by atoms with Gasteiger partial charge in [-0.05, 0) is 6.42 Å². The highest BCUT2D eigenvalue weighted by molar-refractivity contribution is 6.12. The number of hydrogen-bond donors (Lipinski definition) is 1. The largest absolute Gasteiger partial charge is 0.368 e. The van der Waals surface area contributed by atoms with Crippen molar-refractivity contribution in [2.24, 2.45) is 12.8 Å². The van der Waals surface area contributed by atoms with Gasteiger partial charge in [0.2, 0.25) is 5.91 Å². The van der Waals surface area contributed by atoms with Crippen LogP contribution in [0.5, 0.6) is 0 Å². The molecule has 0 spiro atoms. The van der Waals surface area contributed by atoms with Gasteiger partial charge in [0.25, 0.3) is 17.4 Å². The maximum absolute atomic E-state index is 12.6. The Balaban J connectivity index is 1.96. The van der Waals surface area contributed by atoms with E-state index in [2.05, 4.69) is 4.98 Å². The summed E-state index contributed by atoms with van der Waals surface area (Å²) in [6.45, 7) is -0.339. The number of nitrogens with two attached hydrogens (primary N) is 1. The fraction of sp³-hybridized carbons (Fsp3) is 0.333. The fourth-order valence-corrected chi connectivity index (χ4v) is 2.85. The van der Waals surface area contributed by atoms with Gasteiger partial charge in [-0.3, -0.25) is 28.6 Å². The second-order valence-electron chi connectivity index (χ2n) is 5.83. The molecule has 3 heterocycles. The van der Waals surface area contributed by atoms with Crippen LogP contribution in [0.25, 0.3) is 11.2 Å². The minimum atomic E-state index is -0.823. The summed E-state index contributed by atoms with van der Waals surface area (Å²) in [6, 6.07) is 0. The van der Waals surface area contributed by atoms with Crippen LogP contribution in [0.2, 0.25) is 0 Å². The number of amides is 3. The van der Waals surface area contributed by atoms with Crippen molar-refractivity contribution in [2.75, 3.05) is 6.54 Å². The van der Waals surface area contributed by atoms with Crippen molar-refractivity contribution < 1.29 is 14.4 Å². The van der Waals surface area contributed by atoms with E-state index in [1.165, 1.54) is 27.6 Å². The number of aryl methyl sites for hydroxylation is 2. The third-order valence-corrected chi connectivity index (χ3v) is 4.06. The van der Waals surface area contributed by atoms with Gasteiger partial charge in [0.15, 0.2) is 11.2 Å². The van der Waals surface area contributed by atoms with E-state index in [1.807, 2.05) is 0 Å². The van der Waals surface area contributed by atoms with Crippen LogP contribution in [0.3, 0.4) is 0 Å². The lowest BCUT2D eigenvalue weighted by molar-refractivity contribution is -0.136. The molecule has 0 fully saturated rings. The van der Waals surface area contributed by atoms with Crippen LogP contribution in [-0.2, 0) is 34.5 Å². The molecule has 0 atom stereocenters. The molecule has 11 heteroatoms. The van der Waals surface area contributed by atoms with E-state index in [0.29, 0.717) is 0 Å². The Hall–Kier alpha value is -3.50. The van der Waals surface area contributed by atoms with Crippen LogP contribution < -0.4 is 17.0 Å². The van der Waals surface area contributed by atoms with Gasteiger partial charge in [-0.25, -0.2) is 14.3 Å². The van der Waals surface area contributed by atoms with Gasteiger partial charge in [0, 0.05) is 32.3 Å². The van der Waals surface area contributed by atoms with Gasteiger partial charge in [-0.2, -0.15) is 0 Å². The van der Waals surface area contributed by atoms with Crippen molar-refractivity contribution >= 4 is 28.9 Å². The van der Waals surface area contributed by atoms with E-state index in [9.17, 15) is 24.0 Å². The lowest BCUT2D eigenvalue weighted by Gasteiger charge is -2.15. The molecule has 0 radical (unpaired) electrons. The first-order valence-electron chi connectivity index (χ1n) is 7.77. The molecular weight excluding hydrogens is 344 g/mol. The molecule has 2 aromatic rings. The van der Waals surface area contributed by atoms with Crippen LogP contribution in [0.1, 0.15) is 6.42 Å². The average Bonchev–Trinajstić information content (AvgIpc) is 3.11. The number of nitrogens with zero attached hydrogens (tertiary/aromatic N) is 5. The van der Waals surface area contributed by atoms with Crippen LogP contribution in [-0.4, -0.2) is 47.9 Å². The molecule has 1 aliphatic rings. The highest BCUT2D eigenvalue weighted by Crippen LogP contribution is 2.08. The zero-order valence-electron chi connectivity index (χ0n) is 13.9. The Kier molecular flexibility index (Phi) is 4.28. The molecule has 2 N–H and O–H groups in total. The van der Waals surface area contributed by atoms with Crippen molar-refractivity contribution in [1.29, 1.82) is 0 Å². The van der Waals surface area contributed by atoms with Gasteiger partial charge in [0.1, 0.15) is 6.54 Å². The number of aromatic nitrogens is 4. The second kappa shape index (κ2) is 6.43. The van der Waals surface area contributed by atoms with Crippen LogP contribution in [0.4, 0.5) is 0 Å². The van der Waals surface area contributed by atoms with Crippen molar-refractivity contribution in [2.45, 2.75) is 19.5 Å². The van der Waals surface area contributed by atoms with Gasteiger partial charge >= 0.3 is 5.69 Å². The number of hydrogen-bond acceptors (Lipinski definition) is 6. The summed E-state index contributed by atoms with van der Waals surface area (Å²) in [5.41, 5.74) is 4.06. The average molecular weight is 360 g/mol. The van der Waals surface area contributed by atoms with E-state index in [1.54, 1.807) is 7.05 Å². The zero-order valence-corrected chi connectivity index (χ0v) is 13.9. The number of carbonyl (C=O) groups excluding carboxylic acids is 3. The number of primary amides is 1. The summed E-state index contributed by atoms with van der Waals surface area (Å²) >= 11 is 0. The van der Waals surface area contributed by atoms with E-state index in [-0.39, 0.29) is 30.7 Å². The number of fused-ring (bicyclic) bond motifs is 1. The quantitative estimate of drug-likeness (QED) is 0.574. The molecule has 26 heavy (non-hydrogen) atoms. The maximum atomic E-state index is 12.6. The maximum Gasteiger partial charge on any atom is 0.333 e. The summed E-state index contributed by atoms with van der Waals surface area (Å²) in [7, 11) is 1.59. The molecule has 11 nitrogen and oxygen atoms in total. The molecule has 136 valence electrons. The second-order valence-corrected chi connectivity index (χ2v) is 5.83. The SMILES string of the molecule is Cn1cnc2c1c(=O)n(CC(N)=O)c(=O)n2CCCN1C(=O)C=CC1=O. The van der Waals surface area contributed by atoms with E-state index in [0.717, 1.165) is 9.47 Å². The first-order chi connectivity index (χ1) is 12.3. The summed E-state index contributed by atoms with van der Waals surface area (Å²) in [4.78, 5) is 64.6. The predicted octanol–water partition coefficient (Wildman–Crippen LogP) is -2.30. The first kappa shape index (κ1) is 17.3. The summed E-state index contributed by atoms with van der Waals surface area (Å²) in [5, 5.41) is 0. The normalized spacial score (nSPS) is 14.0. The molecule has 0 saturated carbocycles. The Morgan fingerprint density at radius 1 is 1.08 bits per heavy atom. The molecule has 3 amide bonds. The Morgan fingerprint density at radius 2 is 1.73 bits per heavy atom. The Morgan fingerprint density at radius 3 is 2.35 bits per heavy atom. The Labute approximate surface area is 145 Å². The Bertz CT molecular complexity index is 1050. The van der Waals surface area contributed by atoms with Crippen molar-refractivity contribution in [3.05, 3.63) is 39.3 Å². The minimum absolute atomic E-state index is 0.0997.